The molecule has 0 fully saturated rings. The number of carbonyl (C=O) groups is 1. The van der Waals surface area contributed by atoms with E-state index in [1.807, 2.05) is 0 Å². The van der Waals surface area contributed by atoms with Gasteiger partial charge in [-0.3, -0.25) is 14.3 Å². The fourth-order valence-corrected chi connectivity index (χ4v) is 3.18. The van der Waals surface area contributed by atoms with E-state index in [0.717, 1.165) is 0 Å². The molecule has 2 heterocycles. The third-order valence-electron chi connectivity index (χ3n) is 4.79. The maximum atomic E-state index is 12.7. The number of ether oxygens (including phenoxy) is 1. The number of fused-ring (bicyclic) bond motifs is 1. The van der Waals surface area contributed by atoms with Gasteiger partial charge in [-0.1, -0.05) is 18.2 Å². The second-order valence-corrected chi connectivity index (χ2v) is 6.87. The highest BCUT2D eigenvalue weighted by molar-refractivity contribution is 5.93. The Balaban J connectivity index is 0.00000306. The van der Waals surface area contributed by atoms with Crippen LogP contribution in [0.1, 0.15) is 0 Å². The monoisotopic (exact) mass is 479 g/mol. The topological polar surface area (TPSA) is 77.6 Å². The first-order valence-corrected chi connectivity index (χ1v) is 9.37. The Morgan fingerprint density at radius 3 is 2.45 bits per heavy atom. The van der Waals surface area contributed by atoms with Gasteiger partial charge in [0.2, 0.25) is 5.91 Å². The van der Waals surface area contributed by atoms with E-state index in [0.29, 0.717) is 22.3 Å². The van der Waals surface area contributed by atoms with Crippen LogP contribution in [0.2, 0.25) is 0 Å². The van der Waals surface area contributed by atoms with Crippen LogP contribution in [-0.2, 0) is 11.3 Å². The van der Waals surface area contributed by atoms with Gasteiger partial charge in [0.05, 0.1) is 17.4 Å². The molecule has 0 aliphatic heterocycles. The SMILES string of the molecule is CN(C(=O)Cn1c(=O)oc2ccc(-c3ccc(OC(F)(F)F)cc3)cc21)c1cccnc1.Cl. The van der Waals surface area contributed by atoms with Crippen molar-refractivity contribution >= 4 is 35.1 Å². The van der Waals surface area contributed by atoms with Crippen LogP contribution in [0.15, 0.2) is 76.2 Å². The largest absolute Gasteiger partial charge is 0.573 e. The quantitative estimate of drug-likeness (QED) is 0.417. The van der Waals surface area contributed by atoms with Crippen molar-refractivity contribution in [3.63, 3.8) is 0 Å². The van der Waals surface area contributed by atoms with Crippen molar-refractivity contribution in [1.29, 1.82) is 0 Å². The van der Waals surface area contributed by atoms with Crippen LogP contribution in [0.3, 0.4) is 0 Å². The molecule has 0 saturated carbocycles. The van der Waals surface area contributed by atoms with Gasteiger partial charge in [-0.15, -0.1) is 25.6 Å². The first kappa shape index (κ1) is 23.9. The second-order valence-electron chi connectivity index (χ2n) is 6.87. The van der Waals surface area contributed by atoms with Gasteiger partial charge in [-0.25, -0.2) is 4.79 Å². The molecule has 2 aromatic carbocycles. The Kier molecular flexibility index (Phi) is 6.78. The number of hydrogen-bond donors (Lipinski definition) is 0. The number of carbonyl (C=O) groups excluding carboxylic acids is 1. The number of nitrogens with zero attached hydrogens (tertiary/aromatic N) is 3. The molecule has 11 heteroatoms. The molecule has 7 nitrogen and oxygen atoms in total. The maximum absolute atomic E-state index is 12.7. The van der Waals surface area contributed by atoms with Crippen molar-refractivity contribution in [3.8, 4) is 16.9 Å². The van der Waals surface area contributed by atoms with Gasteiger partial charge in [0, 0.05) is 13.2 Å². The minimum atomic E-state index is -4.78. The predicted molar refractivity (Wildman–Crippen MR) is 117 cm³/mol. The highest BCUT2D eigenvalue weighted by Gasteiger charge is 2.31. The zero-order chi connectivity index (χ0) is 22.9. The molecule has 0 radical (unpaired) electrons. The van der Waals surface area contributed by atoms with Gasteiger partial charge >= 0.3 is 12.1 Å². The first-order chi connectivity index (χ1) is 15.2. The summed E-state index contributed by atoms with van der Waals surface area (Å²) in [5.41, 5.74) is 2.46. The summed E-state index contributed by atoms with van der Waals surface area (Å²) in [7, 11) is 1.57. The van der Waals surface area contributed by atoms with Crippen LogP contribution < -0.4 is 15.4 Å². The summed E-state index contributed by atoms with van der Waals surface area (Å²) >= 11 is 0. The summed E-state index contributed by atoms with van der Waals surface area (Å²) in [6.07, 6.45) is -1.67. The highest BCUT2D eigenvalue weighted by Crippen LogP contribution is 2.28. The zero-order valence-corrected chi connectivity index (χ0v) is 17.9. The van der Waals surface area contributed by atoms with Crippen molar-refractivity contribution in [1.82, 2.24) is 9.55 Å². The molecule has 0 aliphatic rings. The number of anilines is 1. The van der Waals surface area contributed by atoms with Crippen molar-refractivity contribution in [3.05, 3.63) is 77.5 Å². The number of amides is 1. The van der Waals surface area contributed by atoms with Gasteiger partial charge in [-0.2, -0.15) is 0 Å². The molecular weight excluding hydrogens is 463 g/mol. The predicted octanol–water partition coefficient (Wildman–Crippen LogP) is 4.64. The van der Waals surface area contributed by atoms with E-state index in [2.05, 4.69) is 9.72 Å². The number of rotatable bonds is 5. The summed E-state index contributed by atoms with van der Waals surface area (Å²) in [5.74, 6) is -1.40. The summed E-state index contributed by atoms with van der Waals surface area (Å²) in [4.78, 5) is 30.4. The maximum Gasteiger partial charge on any atom is 0.573 e. The Hall–Kier alpha value is -3.79. The second kappa shape index (κ2) is 9.37. The number of pyridine rings is 1. The lowest BCUT2D eigenvalue weighted by molar-refractivity contribution is -0.274. The van der Waals surface area contributed by atoms with E-state index in [1.165, 1.54) is 39.9 Å². The Labute approximate surface area is 191 Å². The third kappa shape index (κ3) is 5.35. The number of alkyl halides is 3. The summed E-state index contributed by atoms with van der Waals surface area (Å²) in [6.45, 7) is -0.265. The number of hydrogen-bond acceptors (Lipinski definition) is 5. The first-order valence-electron chi connectivity index (χ1n) is 9.37. The van der Waals surface area contributed by atoms with Crippen molar-refractivity contribution in [2.24, 2.45) is 0 Å². The van der Waals surface area contributed by atoms with Crippen LogP contribution >= 0.6 is 12.4 Å². The number of aromatic nitrogens is 2. The van der Waals surface area contributed by atoms with E-state index < -0.39 is 12.1 Å². The lowest BCUT2D eigenvalue weighted by Gasteiger charge is -2.16. The molecule has 4 aromatic rings. The average molecular weight is 480 g/mol. The molecule has 4 rings (SSSR count). The number of likely N-dealkylation sites (N-methyl/N-ethyl adjacent to an activating group) is 1. The minimum Gasteiger partial charge on any atom is -0.408 e. The van der Waals surface area contributed by atoms with Gasteiger partial charge in [0.25, 0.3) is 0 Å². The highest BCUT2D eigenvalue weighted by atomic mass is 35.5. The van der Waals surface area contributed by atoms with Gasteiger partial charge < -0.3 is 14.1 Å². The molecule has 0 saturated heterocycles. The van der Waals surface area contributed by atoms with Crippen molar-refractivity contribution in [2.45, 2.75) is 12.9 Å². The molecule has 0 aliphatic carbocycles. The van der Waals surface area contributed by atoms with Crippen LogP contribution in [0, 0.1) is 0 Å². The summed E-state index contributed by atoms with van der Waals surface area (Å²) in [5, 5.41) is 0. The molecular formula is C22H17ClF3N3O4. The van der Waals surface area contributed by atoms with Gasteiger partial charge in [0.15, 0.2) is 5.58 Å². The van der Waals surface area contributed by atoms with E-state index in [-0.39, 0.29) is 36.2 Å². The van der Waals surface area contributed by atoms with E-state index in [4.69, 9.17) is 4.42 Å². The van der Waals surface area contributed by atoms with Crippen molar-refractivity contribution in [2.75, 3.05) is 11.9 Å². The standard InChI is InChI=1S/C22H16F3N3O4.ClH/c1-27(16-3-2-10-26-12-16)20(29)13-28-18-11-15(6-9-19(18)31-21(28)30)14-4-7-17(8-5-14)32-22(23,24)25;/h2-12H,13H2,1H3;1H. The Morgan fingerprint density at radius 2 is 1.82 bits per heavy atom. The molecule has 172 valence electrons. The molecule has 0 N–H and O–H groups in total. The van der Waals surface area contributed by atoms with E-state index in [1.54, 1.807) is 43.6 Å². The zero-order valence-electron chi connectivity index (χ0n) is 17.1. The fraction of sp³-hybridized carbons (Fsp3) is 0.136. The normalized spacial score (nSPS) is 11.2. The van der Waals surface area contributed by atoms with Crippen LogP contribution in [-0.4, -0.2) is 28.9 Å². The summed E-state index contributed by atoms with van der Waals surface area (Å²) in [6, 6.07) is 13.6. The van der Waals surface area contributed by atoms with Crippen LogP contribution in [0.5, 0.6) is 5.75 Å². The van der Waals surface area contributed by atoms with Gasteiger partial charge in [0.1, 0.15) is 12.3 Å². The molecule has 2 aromatic heterocycles. The molecule has 0 bridgehead atoms. The minimum absolute atomic E-state index is 0. The Morgan fingerprint density at radius 1 is 1.12 bits per heavy atom. The van der Waals surface area contributed by atoms with E-state index >= 15 is 0 Å². The Bertz CT molecular complexity index is 1320. The summed E-state index contributed by atoms with van der Waals surface area (Å²) < 4.78 is 47.4. The fourth-order valence-electron chi connectivity index (χ4n) is 3.18. The third-order valence-corrected chi connectivity index (χ3v) is 4.79. The number of benzene rings is 2. The molecule has 0 spiro atoms. The average Bonchev–Trinajstić information content (AvgIpc) is 3.07. The van der Waals surface area contributed by atoms with Crippen LogP contribution in [0.25, 0.3) is 22.2 Å². The lowest BCUT2D eigenvalue weighted by Crippen LogP contribution is -2.32. The van der Waals surface area contributed by atoms with Crippen molar-refractivity contribution < 1.29 is 27.1 Å². The number of oxazole rings is 1. The molecule has 0 atom stereocenters. The van der Waals surface area contributed by atoms with Gasteiger partial charge in [-0.05, 0) is 47.5 Å². The van der Waals surface area contributed by atoms with E-state index in [9.17, 15) is 22.8 Å². The molecule has 33 heavy (non-hydrogen) atoms. The lowest BCUT2D eigenvalue weighted by atomic mass is 10.1. The number of halogens is 4. The molecule has 0 unspecified atom stereocenters. The molecule has 1 amide bonds. The van der Waals surface area contributed by atoms with Crippen LogP contribution in [0.4, 0.5) is 18.9 Å². The smallest absolute Gasteiger partial charge is 0.408 e.